The maximum Gasteiger partial charge on any atom is 0.416 e. The molecule has 0 aliphatic carbocycles. The number of alkyl halides is 13. The Morgan fingerprint density at radius 1 is 0.582 bits per heavy atom. The second-order valence-corrected chi connectivity index (χ2v) is 20.6. The molecule has 0 bridgehead atoms. The molecule has 4 aliphatic heterocycles. The van der Waals surface area contributed by atoms with Crippen molar-refractivity contribution < 1.29 is 86.1 Å². The minimum Gasteiger partial charge on any atom is -0.371 e. The third-order valence-electron chi connectivity index (χ3n) is 14.0. The summed E-state index contributed by atoms with van der Waals surface area (Å²) in [5.74, 6) is -0.777. The van der Waals surface area contributed by atoms with Gasteiger partial charge in [-0.3, -0.25) is 19.2 Å². The number of ketones is 1. The van der Waals surface area contributed by atoms with Crippen molar-refractivity contribution in [3.63, 3.8) is 0 Å². The van der Waals surface area contributed by atoms with E-state index in [-0.39, 0.29) is 78.7 Å². The molecule has 0 saturated carbocycles. The largest absolute Gasteiger partial charge is 0.416 e. The molecule has 4 saturated heterocycles. The van der Waals surface area contributed by atoms with E-state index in [1.54, 1.807) is 67.6 Å². The summed E-state index contributed by atoms with van der Waals surface area (Å²) in [6.45, 7) is 4.74. The smallest absolute Gasteiger partial charge is 0.371 e. The van der Waals surface area contributed by atoms with E-state index in [4.69, 9.17) is 9.47 Å². The molecule has 2 N–H and O–H groups in total. The molecule has 0 spiro atoms. The zero-order valence-electron chi connectivity index (χ0n) is 42.9. The molecule has 4 heterocycles. The highest BCUT2D eigenvalue weighted by Crippen LogP contribution is 2.43. The Morgan fingerprint density at radius 3 is 1.16 bits per heavy atom. The van der Waals surface area contributed by atoms with Crippen LogP contribution in [-0.4, -0.2) is 82.9 Å². The molecule has 11 nitrogen and oxygen atoms in total. The minimum atomic E-state index is -4.98. The highest BCUT2D eigenvalue weighted by atomic mass is 79.9. The number of amides is 4. The Labute approximate surface area is 455 Å². The quantitative estimate of drug-likeness (QED) is 0.0894. The molecule has 0 radical (unpaired) electrons. The molecule has 0 aromatic heterocycles. The average molecular weight is 1190 g/mol. The van der Waals surface area contributed by atoms with Crippen LogP contribution in [-0.2, 0) is 69.2 Å². The van der Waals surface area contributed by atoms with Crippen molar-refractivity contribution in [2.45, 2.75) is 132 Å². The van der Waals surface area contributed by atoms with Crippen LogP contribution >= 0.6 is 15.9 Å². The molecule has 4 amide bonds. The first-order chi connectivity index (χ1) is 36.9. The molecule has 4 aliphatic rings. The Kier molecular flexibility index (Phi) is 19.8. The number of halogens is 13. The Bertz CT molecular complexity index is 2560. The molecular formula is C55H57BrF12N4O7. The fourth-order valence-corrected chi connectivity index (χ4v) is 10.1. The van der Waals surface area contributed by atoms with Gasteiger partial charge in [0.2, 0.25) is 23.6 Å². The van der Waals surface area contributed by atoms with Crippen molar-refractivity contribution in [1.82, 2.24) is 20.4 Å². The number of rotatable bonds is 15. The highest BCUT2D eigenvalue weighted by molar-refractivity contribution is 9.09. The van der Waals surface area contributed by atoms with E-state index >= 15 is 0 Å². The Hall–Kier alpha value is -6.01. The van der Waals surface area contributed by atoms with Gasteiger partial charge in [-0.05, 0) is 98.7 Å². The first-order valence-electron chi connectivity index (χ1n) is 25.1. The fourth-order valence-electron chi connectivity index (χ4n) is 9.81. The normalized spacial score (nSPS) is 22.4. The second kappa shape index (κ2) is 25.2. The van der Waals surface area contributed by atoms with Gasteiger partial charge < -0.3 is 34.7 Å². The zero-order valence-corrected chi connectivity index (χ0v) is 44.5. The number of hydrogen-bond acceptors (Lipinski definition) is 7. The molecule has 0 unspecified atom stereocenters. The van der Waals surface area contributed by atoms with Gasteiger partial charge >= 0.3 is 24.7 Å². The van der Waals surface area contributed by atoms with Gasteiger partial charge in [0.1, 0.15) is 17.9 Å². The summed E-state index contributed by atoms with van der Waals surface area (Å²) in [7, 11) is 0. The molecule has 4 aromatic carbocycles. The summed E-state index contributed by atoms with van der Waals surface area (Å²) >= 11 is 3.23. The van der Waals surface area contributed by atoms with Crippen LogP contribution in [0.15, 0.2) is 97.1 Å². The summed E-state index contributed by atoms with van der Waals surface area (Å²) in [6.07, 6.45) is -18.3. The lowest BCUT2D eigenvalue weighted by atomic mass is 9.87. The van der Waals surface area contributed by atoms with Crippen LogP contribution in [0.3, 0.4) is 0 Å². The highest BCUT2D eigenvalue weighted by Gasteiger charge is 2.52. The molecule has 24 heteroatoms. The number of ether oxygens (including phenoxy) is 2. The number of nitrogens with one attached hydrogen (secondary N) is 2. The van der Waals surface area contributed by atoms with E-state index in [0.29, 0.717) is 80.6 Å². The molecule has 4 fully saturated rings. The van der Waals surface area contributed by atoms with E-state index in [1.807, 2.05) is 0 Å². The van der Waals surface area contributed by atoms with E-state index in [2.05, 4.69) is 26.6 Å². The van der Waals surface area contributed by atoms with Crippen molar-refractivity contribution >= 4 is 45.3 Å². The maximum atomic E-state index is 13.3. The molecule has 4 aromatic rings. The number of carbonyl (C=O) groups excluding carboxylic acids is 5. The van der Waals surface area contributed by atoms with Crippen LogP contribution in [0.5, 0.6) is 0 Å². The van der Waals surface area contributed by atoms with Crippen LogP contribution in [0.1, 0.15) is 129 Å². The predicted molar refractivity (Wildman–Crippen MR) is 267 cm³/mol. The number of benzene rings is 4. The second-order valence-electron chi connectivity index (χ2n) is 19.8. The van der Waals surface area contributed by atoms with Gasteiger partial charge in [0.25, 0.3) is 0 Å². The van der Waals surface area contributed by atoms with E-state index in [0.717, 1.165) is 11.8 Å². The maximum absolute atomic E-state index is 13.3. The third-order valence-corrected chi connectivity index (χ3v) is 14.6. The van der Waals surface area contributed by atoms with Crippen LogP contribution in [0.25, 0.3) is 0 Å². The summed E-state index contributed by atoms with van der Waals surface area (Å²) in [5, 5.41) is 6.72. The van der Waals surface area contributed by atoms with Crippen molar-refractivity contribution in [3.8, 4) is 0 Å². The zero-order chi connectivity index (χ0) is 58.3. The number of Topliss-reactive ketones (excluding diaryl/α,β-unsaturated/α-hetero) is 1. The van der Waals surface area contributed by atoms with Gasteiger partial charge in [-0.1, -0.05) is 76.6 Å². The lowest BCUT2D eigenvalue weighted by Gasteiger charge is -2.32. The van der Waals surface area contributed by atoms with E-state index < -0.39 is 82.3 Å². The van der Waals surface area contributed by atoms with Gasteiger partial charge in [0, 0.05) is 50.5 Å². The lowest BCUT2D eigenvalue weighted by molar-refractivity contribution is -0.145. The van der Waals surface area contributed by atoms with Crippen molar-refractivity contribution in [2.75, 3.05) is 31.6 Å². The summed E-state index contributed by atoms with van der Waals surface area (Å²) in [6, 6.07) is 18.6. The van der Waals surface area contributed by atoms with Crippen molar-refractivity contribution in [1.29, 1.82) is 0 Å². The van der Waals surface area contributed by atoms with Gasteiger partial charge in [-0.15, -0.1) is 0 Å². The van der Waals surface area contributed by atoms with Gasteiger partial charge in [-0.25, -0.2) is 0 Å². The lowest BCUT2D eigenvalue weighted by Crippen LogP contribution is -2.43. The van der Waals surface area contributed by atoms with Gasteiger partial charge in [-0.2, -0.15) is 52.7 Å². The van der Waals surface area contributed by atoms with Gasteiger partial charge in [0.15, 0.2) is 0 Å². The van der Waals surface area contributed by atoms with Crippen molar-refractivity contribution in [2.24, 2.45) is 0 Å². The fraction of sp³-hybridized carbons (Fsp3) is 0.473. The van der Waals surface area contributed by atoms with Gasteiger partial charge in [0.05, 0.1) is 58.8 Å². The first-order valence-corrected chi connectivity index (χ1v) is 26.2. The molecule has 8 rings (SSSR count). The van der Waals surface area contributed by atoms with Crippen LogP contribution < -0.4 is 10.6 Å². The predicted octanol–water partition coefficient (Wildman–Crippen LogP) is 12.2. The van der Waals surface area contributed by atoms with E-state index in [1.165, 1.54) is 23.6 Å². The third kappa shape index (κ3) is 15.7. The summed E-state index contributed by atoms with van der Waals surface area (Å²) < 4.78 is 171. The van der Waals surface area contributed by atoms with Crippen molar-refractivity contribution in [3.05, 3.63) is 142 Å². The van der Waals surface area contributed by atoms with Crippen LogP contribution in [0.4, 0.5) is 52.7 Å². The standard InChI is InChI=1S/2C25H24F6N2O3.C5H9BrO/c2*1-15(16-10-18(24(26,27)28)12-19(11-16)25(29,30)31)36-14-23(17-6-3-2-4-7-17)13-20(22(35)32-23)33-9-5-8-21(33)34;1-5(7)3-2-4-6/h2*2-4,6-7,10-12,15,20H,5,8-9,13-14H2,1H3,(H,32,35);2-4H2,1H3/t15-,20+,23-;15-,20-,23-;/m11./s1. The molecular weight excluding hydrogens is 1140 g/mol. The minimum absolute atomic E-state index is 0.0660. The molecule has 6 atom stereocenters. The summed E-state index contributed by atoms with van der Waals surface area (Å²) in [4.78, 5) is 63.5. The van der Waals surface area contributed by atoms with Crippen LogP contribution in [0, 0.1) is 0 Å². The monoisotopic (exact) mass is 1190 g/mol. The number of likely N-dealkylation sites (tertiary alicyclic amines) is 2. The SMILES string of the molecule is CC(=O)CCCBr.C[C@@H](OC[C@@]1(c2ccccc2)C[C@@H](N2CCCC2=O)C(=O)N1)c1cc(C(F)(F)F)cc(C(F)(F)F)c1.C[C@@H](OC[C@@]1(c2ccccc2)C[C@H](N2CCCC2=O)C(=O)N1)c1cc(C(F)(F)F)cc(C(F)(F)F)c1. The Balaban J connectivity index is 0.000000228. The van der Waals surface area contributed by atoms with E-state index in [9.17, 15) is 76.7 Å². The molecule has 79 heavy (non-hydrogen) atoms. The first kappa shape index (κ1) is 62.2. The molecule has 430 valence electrons. The number of nitrogens with zero attached hydrogens (tertiary/aromatic N) is 2. The summed E-state index contributed by atoms with van der Waals surface area (Å²) in [5.41, 5.74) is -7.23. The average Bonchev–Trinajstić information content (AvgIpc) is 4.41. The number of hydrogen-bond donors (Lipinski definition) is 2. The Morgan fingerprint density at radius 2 is 0.911 bits per heavy atom. The van der Waals surface area contributed by atoms with Crippen LogP contribution in [0.2, 0.25) is 0 Å². The topological polar surface area (TPSA) is 134 Å². The number of carbonyl (C=O) groups is 5.